The molecule has 0 spiro atoms. The Hall–Kier alpha value is -3.02. The van der Waals surface area contributed by atoms with E-state index >= 15 is 0 Å². The van der Waals surface area contributed by atoms with Gasteiger partial charge < -0.3 is 20.1 Å². The third-order valence-corrected chi connectivity index (χ3v) is 5.31. The predicted molar refractivity (Wildman–Crippen MR) is 112 cm³/mol. The fourth-order valence-corrected chi connectivity index (χ4v) is 3.29. The number of para-hydroxylation sites is 1. The van der Waals surface area contributed by atoms with Gasteiger partial charge in [-0.25, -0.2) is 0 Å². The number of aryl methyl sites for hydroxylation is 2. The first-order valence-electron chi connectivity index (χ1n) is 9.95. The summed E-state index contributed by atoms with van der Waals surface area (Å²) in [7, 11) is 1.61. The van der Waals surface area contributed by atoms with Gasteiger partial charge in [-0.15, -0.1) is 0 Å². The van der Waals surface area contributed by atoms with E-state index in [1.807, 2.05) is 56.3 Å². The number of rotatable bonds is 9. The first-order chi connectivity index (χ1) is 14.0. The normalized spacial score (nSPS) is 14.0. The van der Waals surface area contributed by atoms with Crippen LogP contribution in [0, 0.1) is 12.3 Å². The van der Waals surface area contributed by atoms with E-state index in [2.05, 4.69) is 10.6 Å². The molecule has 0 bridgehead atoms. The molecule has 1 aliphatic rings. The molecule has 29 heavy (non-hydrogen) atoms. The summed E-state index contributed by atoms with van der Waals surface area (Å²) in [6.07, 6.45) is 1.95. The Kier molecular flexibility index (Phi) is 6.42. The molecule has 2 aromatic carbocycles. The Bertz CT molecular complexity index is 873. The van der Waals surface area contributed by atoms with E-state index in [1.165, 1.54) is 0 Å². The van der Waals surface area contributed by atoms with Crippen LogP contribution >= 0.6 is 0 Å². The molecule has 0 aromatic heterocycles. The van der Waals surface area contributed by atoms with Gasteiger partial charge in [-0.3, -0.25) is 9.59 Å². The molecular formula is C23H28N2O4. The van der Waals surface area contributed by atoms with E-state index in [1.54, 1.807) is 7.11 Å². The number of carbonyl (C=O) groups is 2. The lowest BCUT2D eigenvalue weighted by molar-refractivity contribution is -0.134. The number of carbonyl (C=O) groups excluding carboxylic acids is 2. The number of hydrogen-bond acceptors (Lipinski definition) is 4. The summed E-state index contributed by atoms with van der Waals surface area (Å²) in [6, 6.07) is 13.2. The summed E-state index contributed by atoms with van der Waals surface area (Å²) in [5, 5.41) is 5.84. The number of hydrogen-bond donors (Lipinski definition) is 2. The highest BCUT2D eigenvalue weighted by Gasteiger charge is 2.56. The van der Waals surface area contributed by atoms with Crippen molar-refractivity contribution in [1.29, 1.82) is 0 Å². The molecule has 0 unspecified atom stereocenters. The van der Waals surface area contributed by atoms with Crippen molar-refractivity contribution >= 4 is 17.5 Å². The summed E-state index contributed by atoms with van der Waals surface area (Å²) in [6.45, 7) is 4.68. The topological polar surface area (TPSA) is 76.7 Å². The third kappa shape index (κ3) is 4.70. The quantitative estimate of drug-likeness (QED) is 0.503. The standard InChI is InChI=1S/C23H28N2O4/c1-4-17-7-5-6-16(2)20(17)25-22(27)23(12-13-23)21(26)24-14-15-29-19-10-8-18(28-3)9-11-19/h5-11H,4,12-15H2,1-3H3,(H,24,26)(H,25,27). The minimum absolute atomic E-state index is 0.227. The highest BCUT2D eigenvalue weighted by Crippen LogP contribution is 2.47. The van der Waals surface area contributed by atoms with Gasteiger partial charge in [0.05, 0.1) is 13.7 Å². The number of benzene rings is 2. The monoisotopic (exact) mass is 396 g/mol. The molecule has 0 atom stereocenters. The fourth-order valence-electron chi connectivity index (χ4n) is 3.29. The molecule has 2 N–H and O–H groups in total. The minimum atomic E-state index is -0.965. The smallest absolute Gasteiger partial charge is 0.240 e. The van der Waals surface area contributed by atoms with Gasteiger partial charge in [0.1, 0.15) is 23.5 Å². The number of amides is 2. The SMILES string of the molecule is CCc1cccc(C)c1NC(=O)C1(C(=O)NCCOc2ccc(OC)cc2)CC1. The molecule has 1 saturated carbocycles. The lowest BCUT2D eigenvalue weighted by atomic mass is 10.0. The van der Waals surface area contributed by atoms with Crippen LogP contribution in [-0.4, -0.2) is 32.1 Å². The zero-order valence-corrected chi connectivity index (χ0v) is 17.2. The molecule has 2 aromatic rings. The Balaban J connectivity index is 1.52. The molecule has 6 heteroatoms. The molecule has 3 rings (SSSR count). The molecule has 1 fully saturated rings. The van der Waals surface area contributed by atoms with E-state index < -0.39 is 5.41 Å². The van der Waals surface area contributed by atoms with Crippen molar-refractivity contribution < 1.29 is 19.1 Å². The van der Waals surface area contributed by atoms with E-state index in [0.29, 0.717) is 31.7 Å². The Labute approximate surface area is 171 Å². The van der Waals surface area contributed by atoms with Crippen LogP contribution in [0.2, 0.25) is 0 Å². The molecule has 0 radical (unpaired) electrons. The van der Waals surface area contributed by atoms with Gasteiger partial charge in [0.15, 0.2) is 0 Å². The van der Waals surface area contributed by atoms with Gasteiger partial charge in [-0.2, -0.15) is 0 Å². The largest absolute Gasteiger partial charge is 0.497 e. The van der Waals surface area contributed by atoms with Crippen molar-refractivity contribution in [2.75, 3.05) is 25.6 Å². The van der Waals surface area contributed by atoms with Crippen molar-refractivity contribution in [2.24, 2.45) is 5.41 Å². The van der Waals surface area contributed by atoms with Gasteiger partial charge in [0.2, 0.25) is 11.8 Å². The second-order valence-electron chi connectivity index (χ2n) is 7.28. The zero-order chi connectivity index (χ0) is 20.9. The second-order valence-corrected chi connectivity index (χ2v) is 7.28. The van der Waals surface area contributed by atoms with Crippen molar-refractivity contribution in [3.63, 3.8) is 0 Å². The molecule has 0 aliphatic heterocycles. The minimum Gasteiger partial charge on any atom is -0.497 e. The number of methoxy groups -OCH3 is 1. The van der Waals surface area contributed by atoms with Crippen molar-refractivity contribution in [1.82, 2.24) is 5.32 Å². The fraction of sp³-hybridized carbons (Fsp3) is 0.391. The molecule has 154 valence electrons. The maximum atomic E-state index is 12.9. The highest BCUT2D eigenvalue weighted by molar-refractivity contribution is 6.13. The second kappa shape index (κ2) is 8.99. The van der Waals surface area contributed by atoms with E-state index in [0.717, 1.165) is 29.0 Å². The third-order valence-electron chi connectivity index (χ3n) is 5.31. The van der Waals surface area contributed by atoms with E-state index in [-0.39, 0.29) is 11.8 Å². The van der Waals surface area contributed by atoms with Crippen molar-refractivity contribution in [3.8, 4) is 11.5 Å². The van der Waals surface area contributed by atoms with Gasteiger partial charge >= 0.3 is 0 Å². The van der Waals surface area contributed by atoms with Crippen LogP contribution < -0.4 is 20.1 Å². The van der Waals surface area contributed by atoms with Crippen molar-refractivity contribution in [2.45, 2.75) is 33.1 Å². The Morgan fingerprint density at radius 3 is 2.34 bits per heavy atom. The van der Waals surface area contributed by atoms with Crippen molar-refractivity contribution in [3.05, 3.63) is 53.6 Å². The van der Waals surface area contributed by atoms with Crippen LogP contribution in [0.3, 0.4) is 0 Å². The Morgan fingerprint density at radius 1 is 1.03 bits per heavy atom. The summed E-state index contributed by atoms with van der Waals surface area (Å²) < 4.78 is 10.7. The first-order valence-corrected chi connectivity index (χ1v) is 9.95. The van der Waals surface area contributed by atoms with Gasteiger partial charge in [-0.1, -0.05) is 25.1 Å². The molecule has 2 amide bonds. The van der Waals surface area contributed by atoms with Crippen LogP contribution in [0.15, 0.2) is 42.5 Å². The van der Waals surface area contributed by atoms with Crippen LogP contribution in [0.1, 0.15) is 30.9 Å². The summed E-state index contributed by atoms with van der Waals surface area (Å²) in [4.78, 5) is 25.5. The number of nitrogens with one attached hydrogen (secondary N) is 2. The van der Waals surface area contributed by atoms with Crippen LogP contribution in [0.5, 0.6) is 11.5 Å². The summed E-state index contributed by atoms with van der Waals surface area (Å²) >= 11 is 0. The maximum absolute atomic E-state index is 12.9. The van der Waals surface area contributed by atoms with Gasteiger partial charge in [-0.05, 0) is 61.6 Å². The Morgan fingerprint density at radius 2 is 1.72 bits per heavy atom. The molecule has 1 aliphatic carbocycles. The van der Waals surface area contributed by atoms with Crippen LogP contribution in [0.4, 0.5) is 5.69 Å². The van der Waals surface area contributed by atoms with Crippen LogP contribution in [-0.2, 0) is 16.0 Å². The van der Waals surface area contributed by atoms with E-state index in [4.69, 9.17) is 9.47 Å². The average molecular weight is 396 g/mol. The lowest BCUT2D eigenvalue weighted by Crippen LogP contribution is -2.41. The average Bonchev–Trinajstić information content (AvgIpc) is 3.55. The first kappa shape index (κ1) is 20.7. The van der Waals surface area contributed by atoms with Crippen LogP contribution in [0.25, 0.3) is 0 Å². The molecule has 6 nitrogen and oxygen atoms in total. The maximum Gasteiger partial charge on any atom is 0.240 e. The van der Waals surface area contributed by atoms with E-state index in [9.17, 15) is 9.59 Å². The summed E-state index contributed by atoms with van der Waals surface area (Å²) in [5.41, 5.74) is 1.93. The highest BCUT2D eigenvalue weighted by atomic mass is 16.5. The van der Waals surface area contributed by atoms with Gasteiger partial charge in [0, 0.05) is 5.69 Å². The number of anilines is 1. The number of ether oxygens (including phenoxy) is 2. The van der Waals surface area contributed by atoms with Gasteiger partial charge in [0.25, 0.3) is 0 Å². The predicted octanol–water partition coefficient (Wildman–Crippen LogP) is 3.48. The molecule has 0 heterocycles. The lowest BCUT2D eigenvalue weighted by Gasteiger charge is -2.18. The summed E-state index contributed by atoms with van der Waals surface area (Å²) in [5.74, 6) is 0.993. The molecular weight excluding hydrogens is 368 g/mol. The zero-order valence-electron chi connectivity index (χ0n) is 17.2. The molecule has 0 saturated heterocycles.